The normalized spacial score (nSPS) is 17.4. The molecule has 0 saturated carbocycles. The number of hydrogen-bond donors (Lipinski definition) is 2. The lowest BCUT2D eigenvalue weighted by Gasteiger charge is -2.32. The maximum Gasteiger partial charge on any atom is 0.255 e. The lowest BCUT2D eigenvalue weighted by atomic mass is 10.1. The van der Waals surface area contributed by atoms with Gasteiger partial charge in [-0.3, -0.25) is 9.59 Å². The smallest absolute Gasteiger partial charge is 0.255 e. The summed E-state index contributed by atoms with van der Waals surface area (Å²) in [5, 5.41) is 6.54. The van der Waals surface area contributed by atoms with Crippen LogP contribution in [0.4, 0.5) is 5.69 Å². The number of benzene rings is 1. The number of hydrogen-bond acceptors (Lipinski definition) is 3. The van der Waals surface area contributed by atoms with Crippen LogP contribution in [0.2, 0.25) is 5.02 Å². The summed E-state index contributed by atoms with van der Waals surface area (Å²) in [4.78, 5) is 26.4. The molecule has 5 nitrogen and oxygen atoms in total. The number of nitrogens with zero attached hydrogens (tertiary/aromatic N) is 1. The van der Waals surface area contributed by atoms with Gasteiger partial charge in [0.25, 0.3) is 5.91 Å². The molecule has 1 saturated heterocycles. The van der Waals surface area contributed by atoms with Crippen molar-refractivity contribution >= 4 is 41.5 Å². The molecule has 1 fully saturated rings. The van der Waals surface area contributed by atoms with Gasteiger partial charge < -0.3 is 15.5 Å². The van der Waals surface area contributed by atoms with E-state index in [1.165, 1.54) is 0 Å². The van der Waals surface area contributed by atoms with E-state index in [1.807, 2.05) is 20.8 Å². The third-order valence-corrected chi connectivity index (χ3v) is 4.06. The van der Waals surface area contributed by atoms with Gasteiger partial charge in [-0.2, -0.15) is 0 Å². The summed E-state index contributed by atoms with van der Waals surface area (Å²) in [6, 6.07) is 5.30. The quantitative estimate of drug-likeness (QED) is 0.851. The Hall–Kier alpha value is -1.30. The highest BCUT2D eigenvalue weighted by Gasteiger charge is 2.23. The van der Waals surface area contributed by atoms with Crippen LogP contribution in [0.5, 0.6) is 0 Å². The molecule has 7 heteroatoms. The molecule has 1 atom stereocenters. The van der Waals surface area contributed by atoms with Crippen molar-refractivity contribution in [2.45, 2.75) is 33.2 Å². The molecule has 1 aromatic carbocycles. The molecule has 2 amide bonds. The van der Waals surface area contributed by atoms with Crippen LogP contribution in [-0.4, -0.2) is 42.4 Å². The molecular weight excluding hydrogens is 349 g/mol. The first kappa shape index (κ1) is 20.7. The van der Waals surface area contributed by atoms with Crippen LogP contribution in [0, 0.1) is 5.92 Å². The third kappa shape index (κ3) is 5.65. The van der Waals surface area contributed by atoms with Gasteiger partial charge in [-0.25, -0.2) is 0 Å². The van der Waals surface area contributed by atoms with Gasteiger partial charge in [-0.05, 0) is 31.0 Å². The molecule has 1 aliphatic heterocycles. The minimum atomic E-state index is -0.0942. The molecule has 0 bridgehead atoms. The van der Waals surface area contributed by atoms with E-state index in [0.29, 0.717) is 35.8 Å². The Kier molecular flexibility index (Phi) is 8.00. The second-order valence-electron chi connectivity index (χ2n) is 6.45. The zero-order valence-corrected chi connectivity index (χ0v) is 15.8. The fourth-order valence-corrected chi connectivity index (χ4v) is 2.84. The lowest BCUT2D eigenvalue weighted by molar-refractivity contribution is -0.116. The molecule has 1 aromatic rings. The van der Waals surface area contributed by atoms with Crippen LogP contribution in [-0.2, 0) is 4.79 Å². The second-order valence-corrected chi connectivity index (χ2v) is 6.85. The third-order valence-electron chi connectivity index (χ3n) is 3.73. The number of carbonyl (C=O) groups excluding carboxylic acids is 2. The summed E-state index contributed by atoms with van der Waals surface area (Å²) in [7, 11) is 0. The van der Waals surface area contributed by atoms with Crippen LogP contribution in [0.3, 0.4) is 0 Å². The molecule has 0 aromatic heterocycles. The number of halogens is 2. The Morgan fingerprint density at radius 3 is 2.75 bits per heavy atom. The molecule has 1 unspecified atom stereocenters. The summed E-state index contributed by atoms with van der Waals surface area (Å²) in [6.45, 7) is 8.10. The number of nitrogens with one attached hydrogen (secondary N) is 2. The van der Waals surface area contributed by atoms with Crippen LogP contribution in [0.15, 0.2) is 18.2 Å². The van der Waals surface area contributed by atoms with Crippen molar-refractivity contribution in [1.29, 1.82) is 0 Å². The van der Waals surface area contributed by atoms with Crippen molar-refractivity contribution in [3.63, 3.8) is 0 Å². The maximum atomic E-state index is 12.7. The van der Waals surface area contributed by atoms with Crippen molar-refractivity contribution < 1.29 is 9.59 Å². The van der Waals surface area contributed by atoms with Crippen molar-refractivity contribution in [2.75, 3.05) is 25.0 Å². The number of carbonyl (C=O) groups is 2. The SMILES string of the molecule is CC(C)CC(=O)Nc1ccc(Cl)c(C(=O)N2CCNC(C)C2)c1.Cl. The first-order chi connectivity index (χ1) is 10.9. The van der Waals surface area contributed by atoms with Crippen molar-refractivity contribution in [2.24, 2.45) is 5.92 Å². The topological polar surface area (TPSA) is 61.4 Å². The zero-order chi connectivity index (χ0) is 17.0. The van der Waals surface area contributed by atoms with Gasteiger partial charge in [-0.1, -0.05) is 25.4 Å². The van der Waals surface area contributed by atoms with Crippen LogP contribution < -0.4 is 10.6 Å². The second kappa shape index (κ2) is 9.25. The van der Waals surface area contributed by atoms with E-state index < -0.39 is 0 Å². The standard InChI is InChI=1S/C17H24ClN3O2.ClH/c1-11(2)8-16(22)20-13-4-5-15(18)14(9-13)17(23)21-7-6-19-12(3)10-21;/h4-5,9,11-12,19H,6-8,10H2,1-3H3,(H,20,22);1H. The fourth-order valence-electron chi connectivity index (χ4n) is 2.64. The summed E-state index contributed by atoms with van der Waals surface area (Å²) in [5.74, 6) is 0.130. The van der Waals surface area contributed by atoms with Gasteiger partial charge in [0, 0.05) is 37.8 Å². The van der Waals surface area contributed by atoms with Gasteiger partial charge in [-0.15, -0.1) is 12.4 Å². The molecule has 0 spiro atoms. The van der Waals surface area contributed by atoms with Crippen molar-refractivity contribution in [3.8, 4) is 0 Å². The average Bonchev–Trinajstić information content (AvgIpc) is 2.47. The Bertz CT molecular complexity index is 593. The maximum absolute atomic E-state index is 12.7. The Balaban J connectivity index is 0.00000288. The molecule has 1 aliphatic rings. The van der Waals surface area contributed by atoms with Gasteiger partial charge in [0.15, 0.2) is 0 Å². The van der Waals surface area contributed by atoms with Gasteiger partial charge in [0.2, 0.25) is 5.91 Å². The minimum absolute atomic E-state index is 0. The van der Waals surface area contributed by atoms with E-state index in [0.717, 1.165) is 6.54 Å². The average molecular weight is 374 g/mol. The van der Waals surface area contributed by atoms with Crippen molar-refractivity contribution in [1.82, 2.24) is 10.2 Å². The number of rotatable bonds is 4. The van der Waals surface area contributed by atoms with Gasteiger partial charge in [0.1, 0.15) is 0 Å². The summed E-state index contributed by atoms with van der Waals surface area (Å²) in [5.41, 5.74) is 1.04. The largest absolute Gasteiger partial charge is 0.336 e. The predicted octanol–water partition coefficient (Wildman–Crippen LogP) is 3.18. The highest BCUT2D eigenvalue weighted by molar-refractivity contribution is 6.34. The first-order valence-corrected chi connectivity index (χ1v) is 8.36. The van der Waals surface area contributed by atoms with Gasteiger partial charge >= 0.3 is 0 Å². The molecule has 2 N–H and O–H groups in total. The van der Waals surface area contributed by atoms with Gasteiger partial charge in [0.05, 0.1) is 10.6 Å². The van der Waals surface area contributed by atoms with Crippen molar-refractivity contribution in [3.05, 3.63) is 28.8 Å². The number of anilines is 1. The summed E-state index contributed by atoms with van der Waals surface area (Å²) >= 11 is 6.19. The van der Waals surface area contributed by atoms with E-state index in [-0.39, 0.29) is 36.2 Å². The number of piperazine rings is 1. The number of amides is 2. The van der Waals surface area contributed by atoms with E-state index in [9.17, 15) is 9.59 Å². The van der Waals surface area contributed by atoms with E-state index in [4.69, 9.17) is 11.6 Å². The zero-order valence-electron chi connectivity index (χ0n) is 14.3. The highest BCUT2D eigenvalue weighted by atomic mass is 35.5. The van der Waals surface area contributed by atoms with Crippen LogP contribution in [0.1, 0.15) is 37.6 Å². The molecule has 0 radical (unpaired) electrons. The summed E-state index contributed by atoms with van der Waals surface area (Å²) in [6.07, 6.45) is 0.446. The minimum Gasteiger partial charge on any atom is -0.336 e. The Morgan fingerprint density at radius 2 is 2.12 bits per heavy atom. The molecule has 0 aliphatic carbocycles. The molecule has 1 heterocycles. The van der Waals surface area contributed by atoms with E-state index in [2.05, 4.69) is 10.6 Å². The molecule has 134 valence electrons. The summed E-state index contributed by atoms with van der Waals surface area (Å²) < 4.78 is 0. The lowest BCUT2D eigenvalue weighted by Crippen LogP contribution is -2.51. The first-order valence-electron chi connectivity index (χ1n) is 7.99. The fraction of sp³-hybridized carbons (Fsp3) is 0.529. The molecular formula is C17H25Cl2N3O2. The Morgan fingerprint density at radius 1 is 1.42 bits per heavy atom. The van der Waals surface area contributed by atoms with Crippen LogP contribution >= 0.6 is 24.0 Å². The van der Waals surface area contributed by atoms with E-state index >= 15 is 0 Å². The highest BCUT2D eigenvalue weighted by Crippen LogP contribution is 2.23. The van der Waals surface area contributed by atoms with Crippen LogP contribution in [0.25, 0.3) is 0 Å². The molecule has 24 heavy (non-hydrogen) atoms. The molecule has 2 rings (SSSR count). The predicted molar refractivity (Wildman–Crippen MR) is 100 cm³/mol. The Labute approximate surface area is 154 Å². The monoisotopic (exact) mass is 373 g/mol. The van der Waals surface area contributed by atoms with E-state index in [1.54, 1.807) is 23.1 Å².